The van der Waals surface area contributed by atoms with Crippen molar-refractivity contribution in [3.8, 4) is 0 Å². The third kappa shape index (κ3) is 14.8. The van der Waals surface area contributed by atoms with Gasteiger partial charge in [0.15, 0.2) is 0 Å². The standard InChI is InChI=1S/C12H22N2O3S3.2Na/c1-3-9(2)10(15)17-8-7-14(12(19)20)6-4-5-13-11(16)18;;/h9H,3-8H2,1-2H3,(H,19,20)(H2,13,16,18);;/q;2*+1/p-2. The number of hydrogen-bond donors (Lipinski definition) is 1. The summed E-state index contributed by atoms with van der Waals surface area (Å²) in [4.78, 5) is 23.8. The van der Waals surface area contributed by atoms with Crippen molar-refractivity contribution in [3.63, 3.8) is 0 Å². The Hall–Kier alpha value is 1.27. The Labute approximate surface area is 193 Å². The molecular formula is C12H20N2Na2O3S3. The fourth-order valence-electron chi connectivity index (χ4n) is 1.32. The second-order valence-corrected chi connectivity index (χ2v) is 5.70. The quantitative estimate of drug-likeness (QED) is 0.142. The number of nitrogens with zero attached hydrogens (tertiary/aromatic N) is 1. The van der Waals surface area contributed by atoms with Crippen molar-refractivity contribution in [1.82, 2.24) is 10.2 Å². The maximum Gasteiger partial charge on any atom is 1.00 e. The number of carbonyl (C=O) groups excluding carboxylic acids is 2. The molecule has 0 aromatic carbocycles. The van der Waals surface area contributed by atoms with Crippen LogP contribution in [0.3, 0.4) is 0 Å². The minimum atomic E-state index is -0.472. The smallest absolute Gasteiger partial charge is 0.719 e. The van der Waals surface area contributed by atoms with Crippen LogP contribution in [0, 0.1) is 5.92 Å². The van der Waals surface area contributed by atoms with E-state index >= 15 is 0 Å². The first-order valence-corrected chi connectivity index (χ1v) is 7.68. The summed E-state index contributed by atoms with van der Waals surface area (Å²) in [6, 6.07) is 0. The minimum absolute atomic E-state index is 0. The Morgan fingerprint density at radius 1 is 1.27 bits per heavy atom. The second-order valence-electron chi connectivity index (χ2n) is 4.30. The van der Waals surface area contributed by atoms with Gasteiger partial charge in [-0.15, -0.1) is 0 Å². The third-order valence-corrected chi connectivity index (χ3v) is 3.41. The molecule has 0 heterocycles. The number of carbonyl (C=O) groups is 2. The van der Waals surface area contributed by atoms with Crippen molar-refractivity contribution < 1.29 is 73.4 Å². The van der Waals surface area contributed by atoms with Gasteiger partial charge in [-0.2, -0.15) is 0 Å². The molecule has 22 heavy (non-hydrogen) atoms. The molecule has 1 atom stereocenters. The normalized spacial score (nSPS) is 10.5. The van der Waals surface area contributed by atoms with Crippen molar-refractivity contribution in [1.29, 1.82) is 0 Å². The van der Waals surface area contributed by atoms with E-state index in [2.05, 4.69) is 17.9 Å². The van der Waals surface area contributed by atoms with Crippen LogP contribution in [0.25, 0.3) is 0 Å². The second kappa shape index (κ2) is 17.1. The monoisotopic (exact) mass is 382 g/mol. The van der Waals surface area contributed by atoms with Crippen LogP contribution in [0.2, 0.25) is 0 Å². The summed E-state index contributed by atoms with van der Waals surface area (Å²) in [6.45, 7) is 5.56. The molecule has 0 spiro atoms. The SMILES string of the molecule is CCC(C)C(=O)OCCN(CCCNC(=O)[S-])C(=S)[S-].[Na+].[Na+]. The van der Waals surface area contributed by atoms with Crippen molar-refractivity contribution in [3.05, 3.63) is 0 Å². The van der Waals surface area contributed by atoms with Crippen LogP contribution in [0.15, 0.2) is 0 Å². The summed E-state index contributed by atoms with van der Waals surface area (Å²) >= 11 is 14.3. The van der Waals surface area contributed by atoms with Crippen LogP contribution in [-0.2, 0) is 34.8 Å². The molecule has 116 valence electrons. The first-order valence-electron chi connectivity index (χ1n) is 6.45. The van der Waals surface area contributed by atoms with Gasteiger partial charge in [-0.1, -0.05) is 18.2 Å². The van der Waals surface area contributed by atoms with Crippen molar-refractivity contribution in [2.24, 2.45) is 5.92 Å². The number of hydrogen-bond acceptors (Lipinski definition) is 6. The first kappa shape index (κ1) is 28.1. The van der Waals surface area contributed by atoms with E-state index in [1.807, 2.05) is 13.8 Å². The van der Waals surface area contributed by atoms with Crippen LogP contribution >= 0.6 is 12.2 Å². The van der Waals surface area contributed by atoms with Crippen LogP contribution in [-0.4, -0.2) is 46.7 Å². The van der Waals surface area contributed by atoms with Gasteiger partial charge in [0, 0.05) is 13.1 Å². The minimum Gasteiger partial charge on any atom is -0.719 e. The summed E-state index contributed by atoms with van der Waals surface area (Å²) < 4.78 is 5.47. The number of nitrogens with one attached hydrogen (secondary N) is 1. The van der Waals surface area contributed by atoms with E-state index in [0.717, 1.165) is 6.42 Å². The van der Waals surface area contributed by atoms with E-state index in [-0.39, 0.29) is 77.6 Å². The van der Waals surface area contributed by atoms with E-state index in [1.54, 1.807) is 4.90 Å². The molecule has 0 radical (unpaired) electrons. The largest absolute Gasteiger partial charge is 1.00 e. The summed E-state index contributed by atoms with van der Waals surface area (Å²) in [5.74, 6) is -0.303. The summed E-state index contributed by atoms with van der Waals surface area (Å²) in [5.41, 5.74) is 0. The fourth-order valence-corrected chi connectivity index (χ4v) is 1.79. The van der Waals surface area contributed by atoms with E-state index in [0.29, 0.717) is 30.4 Å². The maximum atomic E-state index is 11.5. The average molecular weight is 382 g/mol. The number of esters is 1. The number of rotatable bonds is 9. The summed E-state index contributed by atoms with van der Waals surface area (Å²) in [6.07, 6.45) is 1.43. The van der Waals surface area contributed by atoms with E-state index < -0.39 is 5.24 Å². The Kier molecular flexibility index (Phi) is 21.8. The van der Waals surface area contributed by atoms with Crippen molar-refractivity contribution >= 4 is 53.0 Å². The summed E-state index contributed by atoms with van der Waals surface area (Å²) in [7, 11) is 0. The van der Waals surface area contributed by atoms with Crippen LogP contribution in [0.4, 0.5) is 4.79 Å². The van der Waals surface area contributed by atoms with Gasteiger partial charge in [0.25, 0.3) is 0 Å². The maximum absolute atomic E-state index is 11.5. The van der Waals surface area contributed by atoms with Crippen molar-refractivity contribution in [2.45, 2.75) is 26.7 Å². The molecule has 0 saturated heterocycles. The predicted molar refractivity (Wildman–Crippen MR) is 87.3 cm³/mol. The molecule has 5 nitrogen and oxygen atoms in total. The predicted octanol–water partition coefficient (Wildman–Crippen LogP) is -4.64. The number of thiocarbonyl (C=S) groups is 1. The van der Waals surface area contributed by atoms with E-state index in [1.165, 1.54) is 0 Å². The Morgan fingerprint density at radius 2 is 1.86 bits per heavy atom. The van der Waals surface area contributed by atoms with Gasteiger partial charge in [0.1, 0.15) is 6.61 Å². The van der Waals surface area contributed by atoms with Crippen LogP contribution in [0.1, 0.15) is 26.7 Å². The van der Waals surface area contributed by atoms with Gasteiger partial charge in [0.05, 0.1) is 17.7 Å². The first-order chi connectivity index (χ1) is 9.38. The molecule has 0 bridgehead atoms. The van der Waals surface area contributed by atoms with Gasteiger partial charge in [-0.05, 0) is 12.8 Å². The molecule has 0 saturated carbocycles. The van der Waals surface area contributed by atoms with Gasteiger partial charge in [-0.25, -0.2) is 0 Å². The molecule has 0 aromatic rings. The molecule has 10 heteroatoms. The Morgan fingerprint density at radius 3 is 2.32 bits per heavy atom. The fraction of sp³-hybridized carbons (Fsp3) is 0.750. The van der Waals surface area contributed by atoms with Gasteiger partial charge < -0.3 is 57.2 Å². The number of ether oxygens (including phenoxy) is 1. The molecule has 0 rings (SSSR count). The van der Waals surface area contributed by atoms with Gasteiger partial charge in [-0.3, -0.25) is 4.79 Å². The van der Waals surface area contributed by atoms with Crippen molar-refractivity contribution in [2.75, 3.05) is 26.2 Å². The number of amides is 1. The molecule has 0 fully saturated rings. The molecule has 1 N–H and O–H groups in total. The average Bonchev–Trinajstić information content (AvgIpc) is 2.39. The molecule has 1 amide bonds. The third-order valence-electron chi connectivity index (χ3n) is 2.75. The van der Waals surface area contributed by atoms with Gasteiger partial charge in [0.2, 0.25) is 0 Å². The van der Waals surface area contributed by atoms with E-state index in [9.17, 15) is 9.59 Å². The zero-order valence-electron chi connectivity index (χ0n) is 13.7. The van der Waals surface area contributed by atoms with E-state index in [4.69, 9.17) is 29.6 Å². The van der Waals surface area contributed by atoms with Crippen LogP contribution in [0.5, 0.6) is 0 Å². The molecule has 0 aliphatic heterocycles. The Balaban J connectivity index is -0.00000180. The molecule has 0 aromatic heterocycles. The summed E-state index contributed by atoms with van der Waals surface area (Å²) in [5, 5.41) is 2.05. The zero-order valence-corrected chi connectivity index (χ0v) is 20.2. The Bertz CT molecular complexity index is 350. The zero-order chi connectivity index (χ0) is 15.5. The molecular weight excluding hydrogens is 362 g/mol. The topological polar surface area (TPSA) is 58.6 Å². The molecule has 1 unspecified atom stereocenters. The van der Waals surface area contributed by atoms with Gasteiger partial charge >= 0.3 is 65.1 Å². The van der Waals surface area contributed by atoms with Crippen LogP contribution < -0.4 is 64.4 Å². The molecule has 0 aliphatic rings. The molecule has 0 aliphatic carbocycles.